The van der Waals surface area contributed by atoms with Gasteiger partial charge in [-0.25, -0.2) is 18.3 Å². The number of halogens is 1. The highest BCUT2D eigenvalue weighted by atomic mass is 32.2. The number of nitrogens with zero attached hydrogens (tertiary/aromatic N) is 3. The van der Waals surface area contributed by atoms with Gasteiger partial charge in [0.25, 0.3) is 5.91 Å². The summed E-state index contributed by atoms with van der Waals surface area (Å²) in [4.78, 5) is 20.4. The number of aromatic nitrogens is 1. The molecule has 1 atom stereocenters. The molecule has 12 nitrogen and oxygen atoms in total. The number of benzene rings is 1. The molecule has 5 N–H and O–H groups in total. The number of nitriles is 1. The summed E-state index contributed by atoms with van der Waals surface area (Å²) in [5.41, 5.74) is 2.67. The Hall–Kier alpha value is -3.64. The number of sulfonamides is 1. The summed E-state index contributed by atoms with van der Waals surface area (Å²) in [5, 5.41) is 18.0. The molecule has 0 aliphatic rings. The van der Waals surface area contributed by atoms with Crippen molar-refractivity contribution < 1.29 is 29.0 Å². The van der Waals surface area contributed by atoms with E-state index in [0.717, 1.165) is 6.20 Å². The van der Waals surface area contributed by atoms with Crippen molar-refractivity contribution >= 4 is 21.9 Å². The monoisotopic (exact) mass is 522 g/mol. The third kappa shape index (κ3) is 9.19. The van der Waals surface area contributed by atoms with Gasteiger partial charge in [-0.15, -0.1) is 0 Å². The Labute approximate surface area is 210 Å². The number of carbonyl (C=O) groups excluding carboxylic acids is 1. The van der Waals surface area contributed by atoms with Gasteiger partial charge in [-0.3, -0.25) is 25.3 Å². The fourth-order valence-corrected chi connectivity index (χ4v) is 4.22. The smallest absolute Gasteiger partial charge is 0.261 e. The highest BCUT2D eigenvalue weighted by molar-refractivity contribution is 7.89. The Morgan fingerprint density at radius 2 is 2.19 bits per heavy atom. The maximum absolute atomic E-state index is 13.5. The summed E-state index contributed by atoms with van der Waals surface area (Å²) in [6.07, 6.45) is 3.81. The van der Waals surface area contributed by atoms with E-state index in [4.69, 9.17) is 11.4 Å². The number of guanidine groups is 1. The SMILES string of the molecule is [2H]ONC(=O)[C@H](CCCCN=C(NC#N)NCCOC)NS(=O)(=O)c1ccc(-c2cccc(F)c2)nc1. The zero-order chi connectivity index (χ0) is 27.1. The largest absolute Gasteiger partial charge is 0.383 e. The van der Waals surface area contributed by atoms with Gasteiger partial charge < -0.3 is 10.1 Å². The number of amides is 1. The predicted molar refractivity (Wildman–Crippen MR) is 128 cm³/mol. The van der Waals surface area contributed by atoms with E-state index in [2.05, 4.69) is 30.5 Å². The van der Waals surface area contributed by atoms with E-state index in [1.807, 2.05) is 5.48 Å². The number of carbonyl (C=O) groups is 1. The lowest BCUT2D eigenvalue weighted by molar-refractivity contribution is -0.131. The van der Waals surface area contributed by atoms with Crippen molar-refractivity contribution in [2.24, 2.45) is 4.99 Å². The van der Waals surface area contributed by atoms with Crippen LogP contribution in [0.4, 0.5) is 4.39 Å². The van der Waals surface area contributed by atoms with Crippen LogP contribution in [0, 0.1) is 17.3 Å². The minimum absolute atomic E-state index is 0.0802. The zero-order valence-electron chi connectivity index (χ0n) is 20.5. The molecule has 0 spiro atoms. The molecule has 1 heterocycles. The number of hydrogen-bond acceptors (Lipinski definition) is 8. The number of aliphatic imine (C=N–C) groups is 1. The maximum atomic E-state index is 13.5. The lowest BCUT2D eigenvalue weighted by Gasteiger charge is -2.17. The second-order valence-electron chi connectivity index (χ2n) is 7.41. The average molecular weight is 523 g/mol. The molecule has 36 heavy (non-hydrogen) atoms. The first-order chi connectivity index (χ1) is 17.8. The van der Waals surface area contributed by atoms with Crippen LogP contribution in [0.15, 0.2) is 52.5 Å². The fourth-order valence-electron chi connectivity index (χ4n) is 3.04. The van der Waals surface area contributed by atoms with Crippen LogP contribution in [0.5, 0.6) is 0 Å². The van der Waals surface area contributed by atoms with Crippen LogP contribution >= 0.6 is 0 Å². The second-order valence-corrected chi connectivity index (χ2v) is 9.13. The first-order valence-corrected chi connectivity index (χ1v) is 12.4. The zero-order valence-corrected chi connectivity index (χ0v) is 20.3. The van der Waals surface area contributed by atoms with Crippen molar-refractivity contribution in [3.8, 4) is 17.5 Å². The molecule has 1 aromatic carbocycles. The molecule has 0 saturated carbocycles. The first-order valence-electron chi connectivity index (χ1n) is 11.3. The average Bonchev–Trinajstić information content (AvgIpc) is 2.88. The molecule has 0 aliphatic heterocycles. The van der Waals surface area contributed by atoms with Crippen LogP contribution in [-0.4, -0.2) is 63.3 Å². The Kier molecular flexibility index (Phi) is 11.0. The van der Waals surface area contributed by atoms with Gasteiger partial charge in [0, 0.05) is 32.0 Å². The highest BCUT2D eigenvalue weighted by Gasteiger charge is 2.25. The van der Waals surface area contributed by atoms with Crippen molar-refractivity contribution in [1.29, 1.82) is 5.26 Å². The normalized spacial score (nSPS) is 12.8. The number of rotatable bonds is 14. The molecular formula is C22H28FN7O5S. The van der Waals surface area contributed by atoms with E-state index in [9.17, 15) is 17.6 Å². The van der Waals surface area contributed by atoms with E-state index in [1.54, 1.807) is 19.4 Å². The lowest BCUT2D eigenvalue weighted by Crippen LogP contribution is -2.45. The van der Waals surface area contributed by atoms with Crippen molar-refractivity contribution in [3.63, 3.8) is 0 Å². The number of pyridine rings is 1. The van der Waals surface area contributed by atoms with Crippen LogP contribution in [0.25, 0.3) is 11.3 Å². The van der Waals surface area contributed by atoms with Crippen molar-refractivity contribution in [2.75, 3.05) is 26.8 Å². The van der Waals surface area contributed by atoms with Gasteiger partial charge in [0.15, 0.2) is 6.19 Å². The van der Waals surface area contributed by atoms with Gasteiger partial charge in [0.1, 0.15) is 16.8 Å². The summed E-state index contributed by atoms with van der Waals surface area (Å²) in [6.45, 7) is 1.16. The van der Waals surface area contributed by atoms with Crippen LogP contribution in [0.2, 0.25) is 1.43 Å². The predicted octanol–water partition coefficient (Wildman–Crippen LogP) is 0.873. The molecule has 0 fully saturated rings. The van der Waals surface area contributed by atoms with E-state index >= 15 is 0 Å². The van der Waals surface area contributed by atoms with Gasteiger partial charge in [-0.2, -0.15) is 9.98 Å². The van der Waals surface area contributed by atoms with Crippen LogP contribution in [0.1, 0.15) is 19.3 Å². The number of methoxy groups -OCH3 is 1. The van der Waals surface area contributed by atoms with E-state index < -0.39 is 27.8 Å². The number of nitrogens with one attached hydrogen (secondary N) is 4. The summed E-state index contributed by atoms with van der Waals surface area (Å²) < 4.78 is 53.2. The van der Waals surface area contributed by atoms with Crippen molar-refractivity contribution in [1.82, 2.24) is 25.8 Å². The van der Waals surface area contributed by atoms with Gasteiger partial charge in [0.05, 0.1) is 12.3 Å². The Morgan fingerprint density at radius 3 is 2.86 bits per heavy atom. The number of ether oxygens (including phenoxy) is 1. The Bertz CT molecular complexity index is 1190. The minimum Gasteiger partial charge on any atom is -0.383 e. The molecule has 14 heteroatoms. The summed E-state index contributed by atoms with van der Waals surface area (Å²) in [5.74, 6) is -1.03. The number of hydrogen-bond donors (Lipinski definition) is 5. The van der Waals surface area contributed by atoms with Gasteiger partial charge in [-0.1, -0.05) is 12.1 Å². The molecule has 0 radical (unpaired) electrons. The molecule has 194 valence electrons. The molecule has 0 unspecified atom stereocenters. The van der Waals surface area contributed by atoms with Crippen LogP contribution in [0.3, 0.4) is 0 Å². The first kappa shape index (κ1) is 27.0. The molecular weight excluding hydrogens is 493 g/mol. The van der Waals surface area contributed by atoms with Crippen LogP contribution < -0.4 is 20.8 Å². The molecule has 2 aromatic rings. The van der Waals surface area contributed by atoms with E-state index in [-0.39, 0.29) is 17.3 Å². The number of unbranched alkanes of at least 4 members (excludes halogenated alkanes) is 1. The molecule has 0 bridgehead atoms. The lowest BCUT2D eigenvalue weighted by atomic mass is 10.1. The summed E-state index contributed by atoms with van der Waals surface area (Å²) >= 11 is 0. The van der Waals surface area contributed by atoms with Crippen molar-refractivity contribution in [3.05, 3.63) is 48.4 Å². The molecule has 0 saturated heterocycles. The summed E-state index contributed by atoms with van der Waals surface area (Å²) in [7, 11) is -2.62. The standard InChI is InChI=1S/C22H28FN7O5S/c1-35-12-11-26-22(28-15-24)25-10-3-2-7-20(21(31)29-32)30-36(33,34)18-8-9-19(27-14-18)16-5-4-6-17(23)13-16/h4-6,8-9,13-14,20,30,32H,2-3,7,10-12H2,1H3,(H,29,31)(H2,25,26,28)/t20-/m0/s1/i/hD. The molecule has 1 aromatic heterocycles. The minimum atomic E-state index is -4.17. The third-order valence-electron chi connectivity index (χ3n) is 4.83. The highest BCUT2D eigenvalue weighted by Crippen LogP contribution is 2.19. The molecule has 2 rings (SSSR count). The van der Waals surface area contributed by atoms with Crippen molar-refractivity contribution in [2.45, 2.75) is 30.2 Å². The Balaban J connectivity index is 2.01. The molecule has 1 amide bonds. The fraction of sp³-hybridized carbons (Fsp3) is 0.364. The maximum Gasteiger partial charge on any atom is 0.261 e. The van der Waals surface area contributed by atoms with Crippen LogP contribution in [-0.2, 0) is 19.6 Å². The van der Waals surface area contributed by atoms with Gasteiger partial charge in [-0.05, 0) is 43.5 Å². The molecule has 0 aliphatic carbocycles. The third-order valence-corrected chi connectivity index (χ3v) is 6.28. The second kappa shape index (κ2) is 14.7. The van der Waals surface area contributed by atoms with E-state index in [1.165, 1.54) is 30.3 Å². The number of hydroxylamine groups is 1. The van der Waals surface area contributed by atoms with Gasteiger partial charge >= 0.3 is 0 Å². The quantitative estimate of drug-likeness (QED) is 0.0458. The summed E-state index contributed by atoms with van der Waals surface area (Å²) in [6, 6.07) is 7.19. The van der Waals surface area contributed by atoms with Gasteiger partial charge in [0.2, 0.25) is 17.4 Å². The van der Waals surface area contributed by atoms with E-state index in [0.29, 0.717) is 43.8 Å². The topological polar surface area (TPSA) is 178 Å². The Morgan fingerprint density at radius 1 is 1.36 bits per heavy atom.